The van der Waals surface area contributed by atoms with E-state index in [-0.39, 0.29) is 17.4 Å². The SMILES string of the molecule is Cc1ccc(S(=O)(=O)OC[C@H]2OC=C[C@@H](C)[C@@H]2O)cc1. The van der Waals surface area contributed by atoms with Crippen LogP contribution in [-0.4, -0.2) is 32.3 Å². The van der Waals surface area contributed by atoms with Gasteiger partial charge in [0.25, 0.3) is 10.1 Å². The Morgan fingerprint density at radius 1 is 1.30 bits per heavy atom. The van der Waals surface area contributed by atoms with Gasteiger partial charge in [-0.15, -0.1) is 0 Å². The van der Waals surface area contributed by atoms with Crippen LogP contribution in [-0.2, 0) is 19.0 Å². The smallest absolute Gasteiger partial charge is 0.297 e. The number of ether oxygens (including phenoxy) is 1. The maximum atomic E-state index is 12.0. The lowest BCUT2D eigenvalue weighted by atomic mass is 9.99. The minimum Gasteiger partial charge on any atom is -0.493 e. The molecule has 110 valence electrons. The van der Waals surface area contributed by atoms with E-state index in [1.165, 1.54) is 18.4 Å². The highest BCUT2D eigenvalue weighted by atomic mass is 32.2. The molecule has 0 aromatic heterocycles. The molecule has 0 radical (unpaired) electrons. The number of aliphatic hydroxyl groups is 1. The lowest BCUT2D eigenvalue weighted by molar-refractivity contribution is -0.0447. The predicted octanol–water partition coefficient (Wildman–Crippen LogP) is 1.61. The summed E-state index contributed by atoms with van der Waals surface area (Å²) in [5, 5.41) is 9.89. The summed E-state index contributed by atoms with van der Waals surface area (Å²) in [6, 6.07) is 6.39. The molecular formula is C14H18O5S. The van der Waals surface area contributed by atoms with Crippen LogP contribution in [0.15, 0.2) is 41.5 Å². The van der Waals surface area contributed by atoms with Crippen molar-refractivity contribution in [3.63, 3.8) is 0 Å². The zero-order chi connectivity index (χ0) is 14.8. The summed E-state index contributed by atoms with van der Waals surface area (Å²) in [6.45, 7) is 3.48. The maximum Gasteiger partial charge on any atom is 0.297 e. The van der Waals surface area contributed by atoms with E-state index in [4.69, 9.17) is 8.92 Å². The van der Waals surface area contributed by atoms with Crippen LogP contribution in [0.3, 0.4) is 0 Å². The Morgan fingerprint density at radius 3 is 2.60 bits per heavy atom. The Kier molecular flexibility index (Phi) is 4.47. The van der Waals surface area contributed by atoms with Crippen molar-refractivity contribution in [2.45, 2.75) is 31.0 Å². The van der Waals surface area contributed by atoms with Gasteiger partial charge < -0.3 is 9.84 Å². The lowest BCUT2D eigenvalue weighted by Gasteiger charge is -2.28. The number of hydrogen-bond acceptors (Lipinski definition) is 5. The molecule has 20 heavy (non-hydrogen) atoms. The standard InChI is InChI=1S/C14H18O5S/c1-10-3-5-12(6-4-10)20(16,17)19-9-13-14(15)11(2)7-8-18-13/h3-8,11,13-15H,9H2,1-2H3/t11-,13-,14+/m1/s1. The van der Waals surface area contributed by atoms with Crippen molar-refractivity contribution in [3.8, 4) is 0 Å². The Balaban J connectivity index is 2.03. The van der Waals surface area contributed by atoms with Gasteiger partial charge in [0.1, 0.15) is 12.7 Å². The van der Waals surface area contributed by atoms with Gasteiger partial charge >= 0.3 is 0 Å². The van der Waals surface area contributed by atoms with E-state index in [1.807, 2.05) is 13.8 Å². The first-order valence-corrected chi connectivity index (χ1v) is 7.77. The minimum absolute atomic E-state index is 0.0944. The van der Waals surface area contributed by atoms with Crippen molar-refractivity contribution in [2.75, 3.05) is 6.61 Å². The van der Waals surface area contributed by atoms with Crippen molar-refractivity contribution in [1.82, 2.24) is 0 Å². The molecule has 1 aromatic carbocycles. The number of aryl methyl sites for hydroxylation is 1. The molecule has 0 amide bonds. The topological polar surface area (TPSA) is 72.8 Å². The molecule has 0 spiro atoms. The molecule has 1 heterocycles. The molecular weight excluding hydrogens is 280 g/mol. The Hall–Kier alpha value is -1.37. The summed E-state index contributed by atoms with van der Waals surface area (Å²) in [5.41, 5.74) is 0.967. The molecule has 0 unspecified atom stereocenters. The van der Waals surface area contributed by atoms with Gasteiger partial charge in [0, 0.05) is 5.92 Å². The van der Waals surface area contributed by atoms with Crippen molar-refractivity contribution in [3.05, 3.63) is 42.2 Å². The summed E-state index contributed by atoms with van der Waals surface area (Å²) >= 11 is 0. The van der Waals surface area contributed by atoms with Crippen LogP contribution in [0.4, 0.5) is 0 Å². The highest BCUT2D eigenvalue weighted by molar-refractivity contribution is 7.86. The molecule has 2 rings (SSSR count). The predicted molar refractivity (Wildman–Crippen MR) is 73.5 cm³/mol. The molecule has 0 bridgehead atoms. The first kappa shape index (κ1) is 15.0. The number of benzene rings is 1. The van der Waals surface area contributed by atoms with Gasteiger partial charge in [-0.25, -0.2) is 0 Å². The van der Waals surface area contributed by atoms with Crippen molar-refractivity contribution < 1.29 is 22.4 Å². The fraction of sp³-hybridized carbons (Fsp3) is 0.429. The van der Waals surface area contributed by atoms with Gasteiger partial charge in [-0.2, -0.15) is 8.42 Å². The zero-order valence-corrected chi connectivity index (χ0v) is 12.2. The zero-order valence-electron chi connectivity index (χ0n) is 11.4. The van der Waals surface area contributed by atoms with E-state index in [0.29, 0.717) is 0 Å². The van der Waals surface area contributed by atoms with E-state index in [2.05, 4.69) is 0 Å². The first-order chi connectivity index (χ1) is 9.40. The van der Waals surface area contributed by atoms with Crippen LogP contribution in [0.5, 0.6) is 0 Å². The quantitative estimate of drug-likeness (QED) is 0.855. The summed E-state index contributed by atoms with van der Waals surface area (Å²) in [6.07, 6.45) is 1.71. The van der Waals surface area contributed by atoms with Crippen LogP contribution in [0.1, 0.15) is 12.5 Å². The molecule has 0 saturated heterocycles. The highest BCUT2D eigenvalue weighted by Crippen LogP contribution is 2.20. The van der Waals surface area contributed by atoms with Crippen molar-refractivity contribution >= 4 is 10.1 Å². The molecule has 0 fully saturated rings. The third kappa shape index (κ3) is 3.39. The van der Waals surface area contributed by atoms with Crippen LogP contribution < -0.4 is 0 Å². The van der Waals surface area contributed by atoms with Gasteiger partial charge in [0.05, 0.1) is 17.3 Å². The largest absolute Gasteiger partial charge is 0.493 e. The summed E-state index contributed by atoms with van der Waals surface area (Å²) in [4.78, 5) is 0.0944. The molecule has 5 nitrogen and oxygen atoms in total. The number of aliphatic hydroxyl groups excluding tert-OH is 1. The van der Waals surface area contributed by atoms with Gasteiger partial charge in [-0.05, 0) is 25.1 Å². The average Bonchev–Trinajstić information content (AvgIpc) is 2.41. The monoisotopic (exact) mass is 298 g/mol. The van der Waals surface area contributed by atoms with E-state index >= 15 is 0 Å². The number of hydrogen-bond donors (Lipinski definition) is 1. The highest BCUT2D eigenvalue weighted by Gasteiger charge is 2.29. The second kappa shape index (κ2) is 5.95. The Labute approximate surface area is 119 Å². The average molecular weight is 298 g/mol. The van der Waals surface area contributed by atoms with Crippen LogP contribution >= 0.6 is 0 Å². The molecule has 6 heteroatoms. The summed E-state index contributed by atoms with van der Waals surface area (Å²) in [7, 11) is -3.83. The summed E-state index contributed by atoms with van der Waals surface area (Å²) in [5.74, 6) is -0.0978. The molecule has 1 N–H and O–H groups in total. The van der Waals surface area contributed by atoms with Gasteiger partial charge in [-0.1, -0.05) is 24.6 Å². The van der Waals surface area contributed by atoms with Crippen LogP contribution in [0, 0.1) is 12.8 Å². The first-order valence-electron chi connectivity index (χ1n) is 6.36. The maximum absolute atomic E-state index is 12.0. The van der Waals surface area contributed by atoms with Gasteiger partial charge in [0.2, 0.25) is 0 Å². The Bertz CT molecular complexity index is 576. The van der Waals surface area contributed by atoms with E-state index in [9.17, 15) is 13.5 Å². The third-order valence-electron chi connectivity index (χ3n) is 3.25. The fourth-order valence-electron chi connectivity index (χ4n) is 1.87. The molecule has 1 aliphatic heterocycles. The molecule has 1 aromatic rings. The van der Waals surface area contributed by atoms with E-state index in [1.54, 1.807) is 18.2 Å². The van der Waals surface area contributed by atoms with Crippen LogP contribution in [0.2, 0.25) is 0 Å². The molecule has 0 aliphatic carbocycles. The third-order valence-corrected chi connectivity index (χ3v) is 4.55. The molecule has 1 aliphatic rings. The summed E-state index contributed by atoms with van der Waals surface area (Å²) < 4.78 is 34.2. The second-order valence-corrected chi connectivity index (χ2v) is 6.52. The molecule has 0 saturated carbocycles. The molecule has 3 atom stereocenters. The van der Waals surface area contributed by atoms with E-state index in [0.717, 1.165) is 5.56 Å². The minimum atomic E-state index is -3.83. The Morgan fingerprint density at radius 2 is 1.95 bits per heavy atom. The van der Waals surface area contributed by atoms with Crippen LogP contribution in [0.25, 0.3) is 0 Å². The number of rotatable bonds is 4. The fourth-order valence-corrected chi connectivity index (χ4v) is 2.79. The lowest BCUT2D eigenvalue weighted by Crippen LogP contribution is -2.39. The van der Waals surface area contributed by atoms with Crippen molar-refractivity contribution in [1.29, 1.82) is 0 Å². The van der Waals surface area contributed by atoms with E-state index < -0.39 is 22.3 Å². The normalized spacial score (nSPS) is 26.2. The van der Waals surface area contributed by atoms with Gasteiger partial charge in [0.15, 0.2) is 0 Å². The van der Waals surface area contributed by atoms with Gasteiger partial charge in [-0.3, -0.25) is 4.18 Å². The van der Waals surface area contributed by atoms with Crippen molar-refractivity contribution in [2.24, 2.45) is 5.92 Å². The second-order valence-electron chi connectivity index (χ2n) is 4.90.